The van der Waals surface area contributed by atoms with Crippen LogP contribution >= 0.6 is 15.9 Å². The molecule has 0 aliphatic heterocycles. The van der Waals surface area contributed by atoms with Gasteiger partial charge in [0.2, 0.25) is 11.9 Å². The van der Waals surface area contributed by atoms with E-state index in [1.165, 1.54) is 0 Å². The zero-order valence-electron chi connectivity index (χ0n) is 11.4. The van der Waals surface area contributed by atoms with E-state index in [4.69, 9.17) is 4.74 Å². The molecule has 1 aromatic heterocycles. The second-order valence-electron chi connectivity index (χ2n) is 3.93. The maximum atomic E-state index is 5.31. The number of halogens is 1. The average Bonchev–Trinajstić information content (AvgIpc) is 2.45. The van der Waals surface area contributed by atoms with Gasteiger partial charge in [0.25, 0.3) is 0 Å². The monoisotopic (exact) mass is 337 g/mol. The molecular formula is C13H16BrN5O. The van der Waals surface area contributed by atoms with Gasteiger partial charge in [0.05, 0.1) is 6.61 Å². The number of anilines is 2. The topological polar surface area (TPSA) is 72.0 Å². The van der Waals surface area contributed by atoms with Crippen molar-refractivity contribution in [1.82, 2.24) is 15.0 Å². The normalized spacial score (nSPS) is 10.2. The van der Waals surface area contributed by atoms with Crippen LogP contribution in [0.15, 0.2) is 28.7 Å². The van der Waals surface area contributed by atoms with Crippen molar-refractivity contribution >= 4 is 27.8 Å². The lowest BCUT2D eigenvalue weighted by Crippen LogP contribution is -2.09. The van der Waals surface area contributed by atoms with E-state index in [0.717, 1.165) is 10.0 Å². The minimum Gasteiger partial charge on any atom is -0.464 e. The molecule has 0 spiro atoms. The zero-order chi connectivity index (χ0) is 14.4. The summed E-state index contributed by atoms with van der Waals surface area (Å²) in [6.45, 7) is 3.02. The molecule has 0 bridgehead atoms. The Labute approximate surface area is 126 Å². The molecule has 2 rings (SSSR count). The number of benzene rings is 1. The minimum atomic E-state index is 0.309. The van der Waals surface area contributed by atoms with Crippen LogP contribution in [-0.4, -0.2) is 28.6 Å². The van der Waals surface area contributed by atoms with E-state index in [1.807, 2.05) is 31.2 Å². The number of aromatic nitrogens is 3. The SMILES string of the molecule is CCOc1nc(NC)nc(NCc2cccc(Br)c2)n1. The molecular weight excluding hydrogens is 322 g/mol. The molecule has 1 aromatic carbocycles. The third kappa shape index (κ3) is 4.06. The van der Waals surface area contributed by atoms with Crippen molar-refractivity contribution in [2.45, 2.75) is 13.5 Å². The highest BCUT2D eigenvalue weighted by Crippen LogP contribution is 2.14. The molecule has 20 heavy (non-hydrogen) atoms. The van der Waals surface area contributed by atoms with Crippen LogP contribution in [0.5, 0.6) is 6.01 Å². The lowest BCUT2D eigenvalue weighted by molar-refractivity contribution is 0.312. The Morgan fingerprint density at radius 1 is 1.20 bits per heavy atom. The summed E-state index contributed by atoms with van der Waals surface area (Å²) in [4.78, 5) is 12.5. The fourth-order valence-electron chi connectivity index (χ4n) is 1.57. The summed E-state index contributed by atoms with van der Waals surface area (Å²) in [7, 11) is 1.75. The number of nitrogens with zero attached hydrogens (tertiary/aromatic N) is 3. The van der Waals surface area contributed by atoms with Gasteiger partial charge in [-0.05, 0) is 24.6 Å². The molecule has 1 heterocycles. The van der Waals surface area contributed by atoms with Crippen LogP contribution in [0.25, 0.3) is 0 Å². The Morgan fingerprint density at radius 3 is 2.70 bits per heavy atom. The lowest BCUT2D eigenvalue weighted by Gasteiger charge is -2.08. The summed E-state index contributed by atoms with van der Waals surface area (Å²) in [5.74, 6) is 0.952. The molecule has 0 radical (unpaired) electrons. The van der Waals surface area contributed by atoms with Crippen molar-refractivity contribution in [2.75, 3.05) is 24.3 Å². The van der Waals surface area contributed by atoms with Crippen LogP contribution < -0.4 is 15.4 Å². The standard InChI is InChI=1S/C13H16BrN5O/c1-3-20-13-18-11(15-2)17-12(19-13)16-8-9-5-4-6-10(14)7-9/h4-7H,3,8H2,1-2H3,(H2,15,16,17,18,19). The maximum Gasteiger partial charge on any atom is 0.323 e. The van der Waals surface area contributed by atoms with Crippen LogP contribution in [0.2, 0.25) is 0 Å². The van der Waals surface area contributed by atoms with Gasteiger partial charge in [-0.2, -0.15) is 15.0 Å². The summed E-state index contributed by atoms with van der Waals surface area (Å²) < 4.78 is 6.35. The Bertz CT molecular complexity index is 578. The second-order valence-corrected chi connectivity index (χ2v) is 4.85. The number of hydrogen-bond acceptors (Lipinski definition) is 6. The van der Waals surface area contributed by atoms with Crippen molar-refractivity contribution in [1.29, 1.82) is 0 Å². The molecule has 7 heteroatoms. The average molecular weight is 338 g/mol. The summed E-state index contributed by atoms with van der Waals surface area (Å²) in [5.41, 5.74) is 1.13. The first kappa shape index (κ1) is 14.5. The van der Waals surface area contributed by atoms with Crippen molar-refractivity contribution in [3.63, 3.8) is 0 Å². The molecule has 0 saturated heterocycles. The van der Waals surface area contributed by atoms with E-state index in [1.54, 1.807) is 7.05 Å². The van der Waals surface area contributed by atoms with E-state index in [9.17, 15) is 0 Å². The van der Waals surface area contributed by atoms with Gasteiger partial charge >= 0.3 is 6.01 Å². The Morgan fingerprint density at radius 2 is 2.00 bits per heavy atom. The van der Waals surface area contributed by atoms with Crippen LogP contribution in [0.4, 0.5) is 11.9 Å². The highest BCUT2D eigenvalue weighted by atomic mass is 79.9. The minimum absolute atomic E-state index is 0.309. The molecule has 0 aliphatic rings. The van der Waals surface area contributed by atoms with E-state index < -0.39 is 0 Å². The van der Waals surface area contributed by atoms with Crippen molar-refractivity contribution in [3.05, 3.63) is 34.3 Å². The van der Waals surface area contributed by atoms with E-state index in [0.29, 0.717) is 31.1 Å². The van der Waals surface area contributed by atoms with Crippen molar-refractivity contribution < 1.29 is 4.74 Å². The van der Waals surface area contributed by atoms with Gasteiger partial charge in [0, 0.05) is 18.1 Å². The summed E-state index contributed by atoms with van der Waals surface area (Å²) in [5, 5.41) is 6.04. The first-order valence-corrected chi connectivity index (χ1v) is 7.05. The predicted molar refractivity (Wildman–Crippen MR) is 82.0 cm³/mol. The predicted octanol–water partition coefficient (Wildman–Crippen LogP) is 2.69. The Balaban J connectivity index is 2.10. The first-order chi connectivity index (χ1) is 9.71. The number of rotatable bonds is 6. The second kappa shape index (κ2) is 7.04. The molecule has 2 aromatic rings. The molecule has 0 aliphatic carbocycles. The summed E-state index contributed by atoms with van der Waals surface area (Å²) >= 11 is 3.44. The summed E-state index contributed by atoms with van der Waals surface area (Å²) in [6, 6.07) is 8.35. The molecule has 106 valence electrons. The first-order valence-electron chi connectivity index (χ1n) is 6.26. The van der Waals surface area contributed by atoms with E-state index in [-0.39, 0.29) is 0 Å². The Hall–Kier alpha value is -1.89. The van der Waals surface area contributed by atoms with Crippen molar-refractivity contribution in [2.24, 2.45) is 0 Å². The van der Waals surface area contributed by atoms with E-state index >= 15 is 0 Å². The van der Waals surface area contributed by atoms with Gasteiger partial charge in [-0.25, -0.2) is 0 Å². The van der Waals surface area contributed by atoms with Gasteiger partial charge in [-0.1, -0.05) is 28.1 Å². The van der Waals surface area contributed by atoms with Gasteiger partial charge in [0.1, 0.15) is 0 Å². The number of ether oxygens (including phenoxy) is 1. The van der Waals surface area contributed by atoms with Crippen LogP contribution in [0.3, 0.4) is 0 Å². The van der Waals surface area contributed by atoms with Crippen molar-refractivity contribution in [3.8, 4) is 6.01 Å². The van der Waals surface area contributed by atoms with Gasteiger partial charge < -0.3 is 15.4 Å². The molecule has 2 N–H and O–H groups in total. The third-order valence-electron chi connectivity index (χ3n) is 2.45. The zero-order valence-corrected chi connectivity index (χ0v) is 12.9. The Kier molecular flexibility index (Phi) is 5.11. The van der Waals surface area contributed by atoms with Gasteiger partial charge in [0.15, 0.2) is 0 Å². The van der Waals surface area contributed by atoms with Crippen LogP contribution in [0, 0.1) is 0 Å². The van der Waals surface area contributed by atoms with E-state index in [2.05, 4.69) is 41.5 Å². The lowest BCUT2D eigenvalue weighted by atomic mass is 10.2. The molecule has 6 nitrogen and oxygen atoms in total. The molecule has 0 unspecified atom stereocenters. The molecule has 0 saturated carbocycles. The van der Waals surface area contributed by atoms with Gasteiger partial charge in [-0.15, -0.1) is 0 Å². The fraction of sp³-hybridized carbons (Fsp3) is 0.308. The van der Waals surface area contributed by atoms with Crippen LogP contribution in [0.1, 0.15) is 12.5 Å². The molecule has 0 atom stereocenters. The van der Waals surface area contributed by atoms with Gasteiger partial charge in [-0.3, -0.25) is 0 Å². The summed E-state index contributed by atoms with van der Waals surface area (Å²) in [6.07, 6.45) is 0. The van der Waals surface area contributed by atoms with Crippen LogP contribution in [-0.2, 0) is 6.54 Å². The largest absolute Gasteiger partial charge is 0.464 e. The smallest absolute Gasteiger partial charge is 0.323 e. The quantitative estimate of drug-likeness (QED) is 0.844. The maximum absolute atomic E-state index is 5.31. The molecule has 0 fully saturated rings. The molecule has 0 amide bonds. The number of hydrogen-bond donors (Lipinski definition) is 2. The highest BCUT2D eigenvalue weighted by molar-refractivity contribution is 9.10. The fourth-order valence-corrected chi connectivity index (χ4v) is 2.02. The highest BCUT2D eigenvalue weighted by Gasteiger charge is 2.06. The third-order valence-corrected chi connectivity index (χ3v) is 2.94. The number of nitrogens with one attached hydrogen (secondary N) is 2.